The van der Waals surface area contributed by atoms with Gasteiger partial charge in [-0.15, -0.1) is 0 Å². The van der Waals surface area contributed by atoms with Crippen LogP contribution in [0.1, 0.15) is 41.0 Å². The third kappa shape index (κ3) is 6.11. The molecule has 0 aliphatic heterocycles. The molecule has 0 atom stereocenters. The first-order valence-electron chi connectivity index (χ1n) is 5.03. The van der Waals surface area contributed by atoms with E-state index in [4.69, 9.17) is 4.74 Å². The molecule has 0 fully saturated rings. The molecule has 3 nitrogen and oxygen atoms in total. The van der Waals surface area contributed by atoms with E-state index in [9.17, 15) is 4.79 Å². The Labute approximate surface area is 87.2 Å². The average Bonchev–Trinajstić information content (AvgIpc) is 1.78. The van der Waals surface area contributed by atoms with Crippen molar-refractivity contribution in [1.82, 2.24) is 5.32 Å². The first-order valence-corrected chi connectivity index (χ1v) is 5.03. The Morgan fingerprint density at radius 2 is 1.71 bits per heavy atom. The molecule has 0 bridgehead atoms. The van der Waals surface area contributed by atoms with Crippen molar-refractivity contribution < 1.29 is 9.53 Å². The van der Waals surface area contributed by atoms with Gasteiger partial charge in [-0.05, 0) is 41.7 Å². The number of hydrogen-bond acceptors (Lipinski definition) is 3. The van der Waals surface area contributed by atoms with Gasteiger partial charge >= 0.3 is 0 Å². The van der Waals surface area contributed by atoms with Crippen molar-refractivity contribution in [3.8, 4) is 0 Å². The van der Waals surface area contributed by atoms with Crippen LogP contribution in [0.15, 0.2) is 0 Å². The molecule has 0 aromatic carbocycles. The predicted molar refractivity (Wildman–Crippen MR) is 58.5 cm³/mol. The number of likely N-dealkylation sites (N-methyl/N-ethyl adjacent to an activating group) is 1. The zero-order chi connectivity index (χ0) is 11.4. The fourth-order valence-electron chi connectivity index (χ4n) is 1.85. The first kappa shape index (κ1) is 13.6. The topological polar surface area (TPSA) is 38.3 Å². The standard InChI is InChI=1S/C11H23NO2/c1-9(13)7-10(2,3)14-11(4,5)8-12-6/h12H,7-8H2,1-6H3. The number of ketones is 1. The Bertz CT molecular complexity index is 197. The van der Waals surface area contributed by atoms with Crippen molar-refractivity contribution in [2.45, 2.75) is 52.2 Å². The van der Waals surface area contributed by atoms with E-state index in [1.54, 1.807) is 6.92 Å². The van der Waals surface area contributed by atoms with Gasteiger partial charge in [-0.1, -0.05) is 0 Å². The van der Waals surface area contributed by atoms with Crippen LogP contribution in [0.3, 0.4) is 0 Å². The molecular weight excluding hydrogens is 178 g/mol. The fourth-order valence-corrected chi connectivity index (χ4v) is 1.85. The molecule has 0 saturated heterocycles. The molecule has 0 heterocycles. The molecule has 0 radical (unpaired) electrons. The number of ether oxygens (including phenoxy) is 1. The number of carbonyl (C=O) groups excluding carboxylic acids is 1. The van der Waals surface area contributed by atoms with Gasteiger partial charge in [0.1, 0.15) is 5.78 Å². The summed E-state index contributed by atoms with van der Waals surface area (Å²) in [5, 5.41) is 3.07. The molecule has 84 valence electrons. The number of nitrogens with one attached hydrogen (secondary N) is 1. The highest BCUT2D eigenvalue weighted by molar-refractivity contribution is 5.76. The Morgan fingerprint density at radius 1 is 1.21 bits per heavy atom. The molecule has 0 saturated carbocycles. The fraction of sp³-hybridized carbons (Fsp3) is 0.909. The molecule has 0 aromatic heterocycles. The van der Waals surface area contributed by atoms with Crippen LogP contribution in [0.4, 0.5) is 0 Å². The van der Waals surface area contributed by atoms with Gasteiger partial charge in [-0.25, -0.2) is 0 Å². The monoisotopic (exact) mass is 201 g/mol. The summed E-state index contributed by atoms with van der Waals surface area (Å²) in [5.41, 5.74) is -0.625. The van der Waals surface area contributed by atoms with E-state index >= 15 is 0 Å². The van der Waals surface area contributed by atoms with E-state index in [1.807, 2.05) is 34.7 Å². The Balaban J connectivity index is 4.25. The highest BCUT2D eigenvalue weighted by Crippen LogP contribution is 2.22. The van der Waals surface area contributed by atoms with Crippen molar-refractivity contribution >= 4 is 5.78 Å². The summed E-state index contributed by atoms with van der Waals surface area (Å²) >= 11 is 0. The summed E-state index contributed by atoms with van der Waals surface area (Å²) in [4.78, 5) is 11.0. The molecular formula is C11H23NO2. The van der Waals surface area contributed by atoms with Gasteiger partial charge < -0.3 is 10.1 Å². The van der Waals surface area contributed by atoms with E-state index in [1.165, 1.54) is 0 Å². The summed E-state index contributed by atoms with van der Waals surface area (Å²) in [6.45, 7) is 10.3. The van der Waals surface area contributed by atoms with Crippen LogP contribution in [-0.2, 0) is 9.53 Å². The largest absolute Gasteiger partial charge is 0.368 e. The molecule has 3 heteroatoms. The minimum absolute atomic E-state index is 0.162. The second-order valence-corrected chi connectivity index (χ2v) is 5.03. The first-order chi connectivity index (χ1) is 6.18. The molecule has 1 N–H and O–H groups in total. The lowest BCUT2D eigenvalue weighted by molar-refractivity contribution is -0.140. The van der Waals surface area contributed by atoms with Crippen molar-refractivity contribution in [1.29, 1.82) is 0 Å². The lowest BCUT2D eigenvalue weighted by atomic mass is 10.00. The third-order valence-electron chi connectivity index (χ3n) is 1.83. The molecule has 0 aliphatic rings. The lowest BCUT2D eigenvalue weighted by Crippen LogP contribution is -2.43. The van der Waals surface area contributed by atoms with Crippen molar-refractivity contribution in [2.75, 3.05) is 13.6 Å². The van der Waals surface area contributed by atoms with Crippen LogP contribution in [0, 0.1) is 0 Å². The van der Waals surface area contributed by atoms with Gasteiger partial charge in [-0.2, -0.15) is 0 Å². The molecule has 0 amide bonds. The molecule has 0 rings (SSSR count). The summed E-state index contributed by atoms with van der Waals surface area (Å²) in [6, 6.07) is 0. The smallest absolute Gasteiger partial charge is 0.132 e. The Kier molecular flexibility index (Phi) is 4.75. The van der Waals surface area contributed by atoms with E-state index in [0.717, 1.165) is 6.54 Å². The van der Waals surface area contributed by atoms with E-state index in [0.29, 0.717) is 6.42 Å². The molecule has 14 heavy (non-hydrogen) atoms. The van der Waals surface area contributed by atoms with Crippen molar-refractivity contribution in [3.05, 3.63) is 0 Å². The van der Waals surface area contributed by atoms with E-state index in [-0.39, 0.29) is 17.0 Å². The van der Waals surface area contributed by atoms with Crippen LogP contribution in [-0.4, -0.2) is 30.6 Å². The predicted octanol–water partition coefficient (Wildman–Crippen LogP) is 1.76. The maximum Gasteiger partial charge on any atom is 0.132 e. The van der Waals surface area contributed by atoms with Crippen LogP contribution in [0.5, 0.6) is 0 Å². The van der Waals surface area contributed by atoms with Gasteiger partial charge in [0.15, 0.2) is 0 Å². The zero-order valence-electron chi connectivity index (χ0n) is 10.2. The van der Waals surface area contributed by atoms with Crippen molar-refractivity contribution in [3.63, 3.8) is 0 Å². The highest BCUT2D eigenvalue weighted by Gasteiger charge is 2.29. The third-order valence-corrected chi connectivity index (χ3v) is 1.83. The molecule has 0 spiro atoms. The summed E-state index contributed by atoms with van der Waals surface area (Å²) in [5.74, 6) is 0.162. The van der Waals surface area contributed by atoms with Gasteiger partial charge in [0, 0.05) is 13.0 Å². The minimum atomic E-state index is -0.383. The number of carbonyl (C=O) groups is 1. The van der Waals surface area contributed by atoms with Crippen LogP contribution in [0.25, 0.3) is 0 Å². The van der Waals surface area contributed by atoms with Gasteiger partial charge in [0.2, 0.25) is 0 Å². The van der Waals surface area contributed by atoms with Crippen molar-refractivity contribution in [2.24, 2.45) is 0 Å². The molecule has 0 aromatic rings. The van der Waals surface area contributed by atoms with Gasteiger partial charge in [-0.3, -0.25) is 4.79 Å². The second kappa shape index (κ2) is 4.89. The number of Topliss-reactive ketones (excluding diaryl/α,β-unsaturated/α-hetero) is 1. The maximum absolute atomic E-state index is 11.0. The Hall–Kier alpha value is -0.410. The minimum Gasteiger partial charge on any atom is -0.368 e. The SMILES string of the molecule is CNCC(C)(C)OC(C)(C)CC(C)=O. The van der Waals surface area contributed by atoms with Crippen LogP contribution >= 0.6 is 0 Å². The quantitative estimate of drug-likeness (QED) is 0.711. The number of rotatable bonds is 6. The van der Waals surface area contributed by atoms with E-state index < -0.39 is 0 Å². The molecule has 0 unspecified atom stereocenters. The normalized spacial score (nSPS) is 13.0. The van der Waals surface area contributed by atoms with Gasteiger partial charge in [0.25, 0.3) is 0 Å². The number of hydrogen-bond donors (Lipinski definition) is 1. The Morgan fingerprint density at radius 3 is 2.07 bits per heavy atom. The molecule has 0 aliphatic carbocycles. The van der Waals surface area contributed by atoms with E-state index in [2.05, 4.69) is 5.32 Å². The zero-order valence-corrected chi connectivity index (χ0v) is 10.2. The lowest BCUT2D eigenvalue weighted by Gasteiger charge is -2.35. The summed E-state index contributed by atoms with van der Waals surface area (Å²) in [7, 11) is 1.89. The second-order valence-electron chi connectivity index (χ2n) is 5.03. The maximum atomic E-state index is 11.0. The summed E-state index contributed by atoms with van der Waals surface area (Å²) in [6.07, 6.45) is 0.458. The van der Waals surface area contributed by atoms with Gasteiger partial charge in [0.05, 0.1) is 11.2 Å². The highest BCUT2D eigenvalue weighted by atomic mass is 16.5. The summed E-state index contributed by atoms with van der Waals surface area (Å²) < 4.78 is 5.89. The van der Waals surface area contributed by atoms with Crippen LogP contribution in [0.2, 0.25) is 0 Å². The van der Waals surface area contributed by atoms with Crippen LogP contribution < -0.4 is 5.32 Å². The average molecular weight is 201 g/mol.